The van der Waals surface area contributed by atoms with Crippen LogP contribution < -0.4 is 5.32 Å². The first kappa shape index (κ1) is 17.5. The van der Waals surface area contributed by atoms with Crippen molar-refractivity contribution in [1.29, 1.82) is 0 Å². The maximum atomic E-state index is 12.5. The fourth-order valence-corrected chi connectivity index (χ4v) is 3.45. The monoisotopic (exact) mass is 385 g/mol. The van der Waals surface area contributed by atoms with E-state index in [-0.39, 0.29) is 17.4 Å². The molecule has 2 heterocycles. The zero-order chi connectivity index (χ0) is 18.0. The number of anilines is 1. The number of rotatable bonds is 4. The smallest absolute Gasteiger partial charge is 0.417 e. The third-order valence-electron chi connectivity index (χ3n) is 3.03. The van der Waals surface area contributed by atoms with Gasteiger partial charge in [0.05, 0.1) is 26.6 Å². The quantitative estimate of drug-likeness (QED) is 0.660. The second kappa shape index (κ2) is 6.89. The van der Waals surface area contributed by atoms with E-state index in [1.807, 2.05) is 0 Å². The largest absolute Gasteiger partial charge is 0.508 e. The Kier molecular flexibility index (Phi) is 4.82. The van der Waals surface area contributed by atoms with Gasteiger partial charge in [0.2, 0.25) is 5.91 Å². The van der Waals surface area contributed by atoms with E-state index >= 15 is 0 Å². The van der Waals surface area contributed by atoms with Crippen LogP contribution in [0.25, 0.3) is 10.2 Å². The van der Waals surface area contributed by atoms with Gasteiger partial charge in [0.15, 0.2) is 5.13 Å². The highest BCUT2D eigenvalue weighted by atomic mass is 32.2. The summed E-state index contributed by atoms with van der Waals surface area (Å²) in [5.74, 6) is -0.257. The van der Waals surface area contributed by atoms with Crippen molar-refractivity contribution in [2.75, 3.05) is 11.1 Å². The topological polar surface area (TPSA) is 75.1 Å². The molecule has 25 heavy (non-hydrogen) atoms. The second-order valence-electron chi connectivity index (χ2n) is 4.89. The van der Waals surface area contributed by atoms with E-state index < -0.39 is 11.7 Å². The molecule has 0 spiro atoms. The Morgan fingerprint density at radius 1 is 1.28 bits per heavy atom. The highest BCUT2D eigenvalue weighted by Crippen LogP contribution is 2.30. The predicted octanol–water partition coefficient (Wildman–Crippen LogP) is 4.15. The number of benzene rings is 1. The van der Waals surface area contributed by atoms with Crippen LogP contribution in [0.15, 0.2) is 41.6 Å². The number of carbonyl (C=O) groups excluding carboxylic acids is 1. The van der Waals surface area contributed by atoms with E-state index in [0.29, 0.717) is 15.7 Å². The van der Waals surface area contributed by atoms with Crippen LogP contribution in [0.5, 0.6) is 5.75 Å². The van der Waals surface area contributed by atoms with Gasteiger partial charge >= 0.3 is 6.18 Å². The Morgan fingerprint density at radius 2 is 2.08 bits per heavy atom. The minimum Gasteiger partial charge on any atom is -0.508 e. The lowest BCUT2D eigenvalue weighted by Crippen LogP contribution is -2.14. The maximum Gasteiger partial charge on any atom is 0.417 e. The van der Waals surface area contributed by atoms with Crippen molar-refractivity contribution in [3.8, 4) is 5.75 Å². The molecular weight excluding hydrogens is 375 g/mol. The number of phenolic OH excluding ortho intramolecular Hbond substituents is 1. The number of amides is 1. The first-order chi connectivity index (χ1) is 11.8. The number of alkyl halides is 3. The minimum absolute atomic E-state index is 0.0143. The summed E-state index contributed by atoms with van der Waals surface area (Å²) in [5, 5.41) is 12.7. The molecule has 0 aliphatic rings. The lowest BCUT2D eigenvalue weighted by molar-refractivity contribution is -0.137. The molecule has 2 aromatic heterocycles. The Bertz CT molecular complexity index is 911. The van der Waals surface area contributed by atoms with Crippen molar-refractivity contribution in [2.45, 2.75) is 11.2 Å². The summed E-state index contributed by atoms with van der Waals surface area (Å²) < 4.78 is 38.1. The van der Waals surface area contributed by atoms with Gasteiger partial charge in [-0.2, -0.15) is 13.2 Å². The number of nitrogens with one attached hydrogen (secondary N) is 1. The molecule has 130 valence electrons. The Hall–Kier alpha value is -2.33. The molecule has 5 nitrogen and oxygen atoms in total. The average molecular weight is 385 g/mol. The fourth-order valence-electron chi connectivity index (χ4n) is 1.89. The van der Waals surface area contributed by atoms with E-state index in [2.05, 4.69) is 15.3 Å². The zero-order valence-electron chi connectivity index (χ0n) is 12.4. The molecule has 1 aromatic carbocycles. The highest BCUT2D eigenvalue weighted by Gasteiger charge is 2.30. The standard InChI is InChI=1S/C15H10F3N3O2S2/c16-15(17,18)8-1-4-13(19-6-8)24-7-12(23)21-14-20-10-3-2-9(22)5-11(10)25-14/h1-6,22H,7H2,(H,20,21,23). The van der Waals surface area contributed by atoms with Gasteiger partial charge in [-0.3, -0.25) is 4.79 Å². The molecule has 10 heteroatoms. The number of fused-ring (bicyclic) bond motifs is 1. The van der Waals surface area contributed by atoms with Crippen LogP contribution in [0, 0.1) is 0 Å². The number of nitrogens with zero attached hydrogens (tertiary/aromatic N) is 2. The van der Waals surface area contributed by atoms with Crippen LogP contribution in [-0.4, -0.2) is 26.7 Å². The molecule has 0 saturated carbocycles. The highest BCUT2D eigenvalue weighted by molar-refractivity contribution is 7.99. The molecule has 0 radical (unpaired) electrons. The summed E-state index contributed by atoms with van der Waals surface area (Å²) in [6, 6.07) is 6.83. The number of carbonyl (C=O) groups is 1. The maximum absolute atomic E-state index is 12.5. The van der Waals surface area contributed by atoms with Gasteiger partial charge in [-0.15, -0.1) is 0 Å². The van der Waals surface area contributed by atoms with Crippen LogP contribution >= 0.6 is 23.1 Å². The van der Waals surface area contributed by atoms with Crippen molar-refractivity contribution in [1.82, 2.24) is 9.97 Å². The Balaban J connectivity index is 1.58. The molecular formula is C15H10F3N3O2S2. The van der Waals surface area contributed by atoms with E-state index in [1.54, 1.807) is 12.1 Å². The van der Waals surface area contributed by atoms with Crippen molar-refractivity contribution in [3.63, 3.8) is 0 Å². The summed E-state index contributed by atoms with van der Waals surface area (Å²) in [6.45, 7) is 0. The van der Waals surface area contributed by atoms with E-state index in [0.717, 1.165) is 28.7 Å². The molecule has 1 amide bonds. The van der Waals surface area contributed by atoms with Crippen molar-refractivity contribution < 1.29 is 23.1 Å². The van der Waals surface area contributed by atoms with Crippen LogP contribution in [0.2, 0.25) is 0 Å². The van der Waals surface area contributed by atoms with Gasteiger partial charge in [-0.25, -0.2) is 9.97 Å². The van der Waals surface area contributed by atoms with Gasteiger partial charge in [0, 0.05) is 6.20 Å². The van der Waals surface area contributed by atoms with Gasteiger partial charge in [-0.1, -0.05) is 23.1 Å². The number of hydrogen-bond donors (Lipinski definition) is 2. The molecule has 0 saturated heterocycles. The van der Waals surface area contributed by atoms with E-state index in [1.165, 1.54) is 23.5 Å². The summed E-state index contributed by atoms with van der Waals surface area (Å²) in [5.41, 5.74) is -0.186. The molecule has 3 rings (SSSR count). The van der Waals surface area contributed by atoms with Crippen LogP contribution in [0.1, 0.15) is 5.56 Å². The number of thiazole rings is 1. The number of thioether (sulfide) groups is 1. The number of phenols is 1. The lowest BCUT2D eigenvalue weighted by atomic mass is 10.3. The first-order valence-corrected chi connectivity index (χ1v) is 8.67. The lowest BCUT2D eigenvalue weighted by Gasteiger charge is -2.06. The van der Waals surface area contributed by atoms with Gasteiger partial charge in [0.25, 0.3) is 0 Å². The Labute approximate surface area is 147 Å². The Morgan fingerprint density at radius 3 is 2.76 bits per heavy atom. The molecule has 2 N–H and O–H groups in total. The van der Waals surface area contributed by atoms with Gasteiger partial charge in [0.1, 0.15) is 5.75 Å². The zero-order valence-corrected chi connectivity index (χ0v) is 14.0. The molecule has 0 bridgehead atoms. The summed E-state index contributed by atoms with van der Waals surface area (Å²) >= 11 is 2.24. The van der Waals surface area contributed by atoms with Gasteiger partial charge < -0.3 is 10.4 Å². The normalized spacial score (nSPS) is 11.6. The van der Waals surface area contributed by atoms with Crippen molar-refractivity contribution in [2.24, 2.45) is 0 Å². The summed E-state index contributed by atoms with van der Waals surface area (Å²) in [7, 11) is 0. The van der Waals surface area contributed by atoms with Crippen LogP contribution in [-0.2, 0) is 11.0 Å². The van der Waals surface area contributed by atoms with E-state index in [9.17, 15) is 23.1 Å². The number of aromatic hydroxyl groups is 1. The third kappa shape index (κ3) is 4.40. The molecule has 0 fully saturated rings. The molecule has 0 atom stereocenters. The van der Waals surface area contributed by atoms with E-state index in [4.69, 9.17) is 0 Å². The summed E-state index contributed by atoms with van der Waals surface area (Å²) in [6.07, 6.45) is -3.70. The second-order valence-corrected chi connectivity index (χ2v) is 6.92. The van der Waals surface area contributed by atoms with Crippen molar-refractivity contribution in [3.05, 3.63) is 42.1 Å². The third-order valence-corrected chi connectivity index (χ3v) is 4.91. The first-order valence-electron chi connectivity index (χ1n) is 6.87. The summed E-state index contributed by atoms with van der Waals surface area (Å²) in [4.78, 5) is 19.8. The van der Waals surface area contributed by atoms with Gasteiger partial charge in [-0.05, 0) is 30.3 Å². The minimum atomic E-state index is -4.44. The van der Waals surface area contributed by atoms with Crippen LogP contribution in [0.3, 0.4) is 0 Å². The van der Waals surface area contributed by atoms with Crippen molar-refractivity contribution >= 4 is 44.4 Å². The fraction of sp³-hybridized carbons (Fsp3) is 0.133. The average Bonchev–Trinajstić information content (AvgIpc) is 2.93. The SMILES string of the molecule is O=C(CSc1ccc(C(F)(F)F)cn1)Nc1nc2ccc(O)cc2s1. The molecule has 3 aromatic rings. The number of pyridine rings is 1. The number of halogens is 3. The number of aromatic nitrogens is 2. The number of hydrogen-bond acceptors (Lipinski definition) is 6. The predicted molar refractivity (Wildman–Crippen MR) is 89.9 cm³/mol. The molecule has 0 unspecified atom stereocenters. The van der Waals surface area contributed by atoms with Crippen LogP contribution in [0.4, 0.5) is 18.3 Å². The molecule has 0 aliphatic carbocycles. The molecule has 0 aliphatic heterocycles.